The van der Waals surface area contributed by atoms with E-state index in [1.165, 1.54) is 0 Å². The van der Waals surface area contributed by atoms with E-state index in [-0.39, 0.29) is 11.8 Å². The number of aromatic nitrogens is 2. The van der Waals surface area contributed by atoms with Gasteiger partial charge in [-0.1, -0.05) is 17.7 Å². The number of carbonyl (C=O) groups excluding carboxylic acids is 1. The lowest BCUT2D eigenvalue weighted by atomic mass is 9.97. The van der Waals surface area contributed by atoms with Gasteiger partial charge in [0.15, 0.2) is 5.69 Å². The molecule has 0 atom stereocenters. The Morgan fingerprint density at radius 2 is 1.96 bits per heavy atom. The molecule has 1 saturated heterocycles. The predicted molar refractivity (Wildman–Crippen MR) is 89.6 cm³/mol. The zero-order valence-corrected chi connectivity index (χ0v) is 14.0. The highest BCUT2D eigenvalue weighted by molar-refractivity contribution is 6.30. The second-order valence-corrected chi connectivity index (χ2v) is 6.40. The molecule has 0 bridgehead atoms. The van der Waals surface area contributed by atoms with Crippen LogP contribution >= 0.6 is 11.6 Å². The van der Waals surface area contributed by atoms with E-state index >= 15 is 0 Å². The summed E-state index contributed by atoms with van der Waals surface area (Å²) in [5.41, 5.74) is 1.99. The van der Waals surface area contributed by atoms with Crippen LogP contribution < -0.4 is 0 Å². The van der Waals surface area contributed by atoms with Crippen LogP contribution in [0, 0.1) is 12.8 Å². The fourth-order valence-electron chi connectivity index (χ4n) is 2.94. The average molecular weight is 348 g/mol. The lowest BCUT2D eigenvalue weighted by Gasteiger charge is -2.29. The van der Waals surface area contributed by atoms with Gasteiger partial charge in [-0.3, -0.25) is 9.59 Å². The molecule has 1 aromatic carbocycles. The Morgan fingerprint density at radius 1 is 1.25 bits per heavy atom. The normalized spacial score (nSPS) is 15.5. The first kappa shape index (κ1) is 16.5. The fraction of sp³-hybridized carbons (Fsp3) is 0.353. The number of aryl methyl sites for hydroxylation is 1. The van der Waals surface area contributed by atoms with Crippen LogP contribution in [0.25, 0.3) is 5.69 Å². The number of piperidine rings is 1. The number of benzene rings is 1. The third kappa shape index (κ3) is 3.28. The highest BCUT2D eigenvalue weighted by Gasteiger charge is 2.28. The number of amides is 1. The molecule has 7 heteroatoms. The number of hydrogen-bond donors (Lipinski definition) is 1. The SMILES string of the molecule is Cc1cc(C(=O)N2CCC(C(=O)O)CC2)nn1-c1cccc(Cl)c1. The molecule has 0 aliphatic carbocycles. The largest absolute Gasteiger partial charge is 0.481 e. The predicted octanol–water partition coefficient (Wildman–Crippen LogP) is 2.77. The fourth-order valence-corrected chi connectivity index (χ4v) is 3.12. The van der Waals surface area contributed by atoms with Gasteiger partial charge in [-0.15, -0.1) is 0 Å². The molecule has 2 heterocycles. The smallest absolute Gasteiger partial charge is 0.306 e. The lowest BCUT2D eigenvalue weighted by molar-refractivity contribution is -0.143. The van der Waals surface area contributed by atoms with Crippen LogP contribution in [0.2, 0.25) is 5.02 Å². The molecule has 0 spiro atoms. The number of hydrogen-bond acceptors (Lipinski definition) is 3. The Labute approximate surface area is 144 Å². The maximum Gasteiger partial charge on any atom is 0.306 e. The third-order valence-corrected chi connectivity index (χ3v) is 4.53. The standard InChI is InChI=1S/C17H18ClN3O3/c1-11-9-15(19-21(11)14-4-2-3-13(18)10-14)16(22)20-7-5-12(6-8-20)17(23)24/h2-4,9-10,12H,5-8H2,1H3,(H,23,24). The molecule has 1 fully saturated rings. The molecule has 2 aromatic rings. The van der Waals surface area contributed by atoms with Gasteiger partial charge in [0, 0.05) is 23.8 Å². The van der Waals surface area contributed by atoms with Crippen molar-refractivity contribution in [2.75, 3.05) is 13.1 Å². The minimum Gasteiger partial charge on any atom is -0.481 e. The van der Waals surface area contributed by atoms with Crippen LogP contribution in [-0.4, -0.2) is 44.8 Å². The van der Waals surface area contributed by atoms with E-state index in [1.54, 1.807) is 27.8 Å². The highest BCUT2D eigenvalue weighted by atomic mass is 35.5. The molecular weight excluding hydrogens is 330 g/mol. The summed E-state index contributed by atoms with van der Waals surface area (Å²) in [7, 11) is 0. The molecule has 24 heavy (non-hydrogen) atoms. The van der Waals surface area contributed by atoms with Gasteiger partial charge in [0.1, 0.15) is 0 Å². The number of carbonyl (C=O) groups is 2. The van der Waals surface area contributed by atoms with Crippen LogP contribution in [0.3, 0.4) is 0 Å². The summed E-state index contributed by atoms with van der Waals surface area (Å²) in [5, 5.41) is 14.0. The van der Waals surface area contributed by atoms with Gasteiger partial charge < -0.3 is 10.0 Å². The van der Waals surface area contributed by atoms with E-state index in [4.69, 9.17) is 16.7 Å². The molecule has 0 saturated carbocycles. The van der Waals surface area contributed by atoms with E-state index in [0.29, 0.717) is 36.6 Å². The highest BCUT2D eigenvalue weighted by Crippen LogP contribution is 2.21. The molecule has 6 nitrogen and oxygen atoms in total. The molecule has 0 unspecified atom stereocenters. The van der Waals surface area contributed by atoms with E-state index in [9.17, 15) is 9.59 Å². The van der Waals surface area contributed by atoms with Crippen LogP contribution in [0.15, 0.2) is 30.3 Å². The van der Waals surface area contributed by atoms with Crippen LogP contribution in [0.4, 0.5) is 0 Å². The summed E-state index contributed by atoms with van der Waals surface area (Å²) >= 11 is 6.01. The summed E-state index contributed by atoms with van der Waals surface area (Å²) in [4.78, 5) is 25.3. The molecule has 126 valence electrons. The van der Waals surface area contributed by atoms with Crippen molar-refractivity contribution in [1.29, 1.82) is 0 Å². The molecule has 1 aliphatic rings. The zero-order valence-electron chi connectivity index (χ0n) is 13.3. The Balaban J connectivity index is 1.77. The van der Waals surface area contributed by atoms with Crippen molar-refractivity contribution in [3.05, 3.63) is 46.7 Å². The summed E-state index contributed by atoms with van der Waals surface area (Å²) in [5.74, 6) is -1.31. The maximum atomic E-state index is 12.6. The maximum absolute atomic E-state index is 12.6. The number of halogens is 1. The summed E-state index contributed by atoms with van der Waals surface area (Å²) in [6, 6.07) is 9.01. The van der Waals surface area contributed by atoms with Gasteiger partial charge in [0.2, 0.25) is 0 Å². The second kappa shape index (κ2) is 6.65. The van der Waals surface area contributed by atoms with E-state index < -0.39 is 5.97 Å². The average Bonchev–Trinajstić information content (AvgIpc) is 2.96. The first-order chi connectivity index (χ1) is 11.5. The van der Waals surface area contributed by atoms with E-state index in [1.807, 2.05) is 19.1 Å². The third-order valence-electron chi connectivity index (χ3n) is 4.29. The van der Waals surface area contributed by atoms with Gasteiger partial charge >= 0.3 is 5.97 Å². The van der Waals surface area contributed by atoms with Crippen LogP contribution in [0.1, 0.15) is 29.0 Å². The molecule has 3 rings (SSSR count). The molecule has 1 amide bonds. The van der Waals surface area contributed by atoms with Crippen LogP contribution in [-0.2, 0) is 4.79 Å². The monoisotopic (exact) mass is 347 g/mol. The topological polar surface area (TPSA) is 75.4 Å². The Morgan fingerprint density at radius 3 is 2.58 bits per heavy atom. The molecule has 1 aromatic heterocycles. The lowest BCUT2D eigenvalue weighted by Crippen LogP contribution is -2.40. The quantitative estimate of drug-likeness (QED) is 0.926. The van der Waals surface area contributed by atoms with E-state index in [0.717, 1.165) is 11.4 Å². The van der Waals surface area contributed by atoms with Crippen molar-refractivity contribution in [3.8, 4) is 5.69 Å². The zero-order chi connectivity index (χ0) is 17.3. The summed E-state index contributed by atoms with van der Waals surface area (Å²) in [6.07, 6.45) is 0.962. The summed E-state index contributed by atoms with van der Waals surface area (Å²) < 4.78 is 1.68. The van der Waals surface area contributed by atoms with Gasteiger partial charge in [-0.05, 0) is 44.0 Å². The van der Waals surface area contributed by atoms with Crippen molar-refractivity contribution in [1.82, 2.24) is 14.7 Å². The number of nitrogens with zero attached hydrogens (tertiary/aromatic N) is 3. The molecule has 0 radical (unpaired) electrons. The molecular formula is C17H18ClN3O3. The van der Waals surface area contributed by atoms with E-state index in [2.05, 4.69) is 5.10 Å². The second-order valence-electron chi connectivity index (χ2n) is 5.97. The van der Waals surface area contributed by atoms with Crippen molar-refractivity contribution in [2.45, 2.75) is 19.8 Å². The first-order valence-corrected chi connectivity index (χ1v) is 8.18. The van der Waals surface area contributed by atoms with Crippen molar-refractivity contribution in [3.63, 3.8) is 0 Å². The number of carboxylic acid groups (broad SMARTS) is 1. The minimum atomic E-state index is -0.789. The molecule has 1 N–H and O–H groups in total. The Kier molecular flexibility index (Phi) is 4.57. The Bertz CT molecular complexity index is 779. The Hall–Kier alpha value is -2.34. The van der Waals surface area contributed by atoms with Gasteiger partial charge in [0.25, 0.3) is 5.91 Å². The van der Waals surface area contributed by atoms with Crippen LogP contribution in [0.5, 0.6) is 0 Å². The van der Waals surface area contributed by atoms with Crippen molar-refractivity contribution < 1.29 is 14.7 Å². The number of aliphatic carboxylic acids is 1. The van der Waals surface area contributed by atoms with Gasteiger partial charge in [-0.2, -0.15) is 5.10 Å². The van der Waals surface area contributed by atoms with Crippen molar-refractivity contribution in [2.24, 2.45) is 5.92 Å². The number of likely N-dealkylation sites (tertiary alicyclic amines) is 1. The van der Waals surface area contributed by atoms with Gasteiger partial charge in [0.05, 0.1) is 11.6 Å². The van der Waals surface area contributed by atoms with Gasteiger partial charge in [-0.25, -0.2) is 4.68 Å². The number of rotatable bonds is 3. The first-order valence-electron chi connectivity index (χ1n) is 7.80. The number of carboxylic acids is 1. The molecule has 1 aliphatic heterocycles. The minimum absolute atomic E-state index is 0.164. The van der Waals surface area contributed by atoms with Crippen molar-refractivity contribution >= 4 is 23.5 Å². The summed E-state index contributed by atoms with van der Waals surface area (Å²) in [6.45, 7) is 2.76.